The molecule has 2 aliphatic rings. The van der Waals surface area contributed by atoms with E-state index in [1.807, 2.05) is 19.1 Å². The molecule has 0 bridgehead atoms. The van der Waals surface area contributed by atoms with Crippen molar-refractivity contribution >= 4 is 23.8 Å². The van der Waals surface area contributed by atoms with Gasteiger partial charge in [-0.05, 0) is 30.7 Å². The van der Waals surface area contributed by atoms with Crippen LogP contribution in [0.3, 0.4) is 0 Å². The summed E-state index contributed by atoms with van der Waals surface area (Å²) in [5, 5.41) is 2.76. The highest BCUT2D eigenvalue weighted by Crippen LogP contribution is 2.23. The molecule has 2 fully saturated rings. The first-order valence-corrected chi connectivity index (χ1v) is 11.2. The number of carbonyl (C=O) groups is 2. The number of benzene rings is 1. The molecule has 0 saturated carbocycles. The Morgan fingerprint density at radius 3 is 2.40 bits per heavy atom. The number of amides is 3. The summed E-state index contributed by atoms with van der Waals surface area (Å²) in [6.07, 6.45) is 3.25. The SMILES string of the molecule is Cc1ccc(OC2CCN(C(=O)c3cc(F)ccc3NC(=O)N3CCOCC3)CC2)nc1.O=C=O. The first-order valence-electron chi connectivity index (χ1n) is 11.2. The molecule has 1 N–H and O–H groups in total. The average molecular weight is 487 g/mol. The Balaban J connectivity index is 0.00000108. The van der Waals surface area contributed by atoms with E-state index in [-0.39, 0.29) is 29.8 Å². The molecule has 35 heavy (non-hydrogen) atoms. The predicted octanol–water partition coefficient (Wildman–Crippen LogP) is 2.49. The van der Waals surface area contributed by atoms with Gasteiger partial charge in [-0.25, -0.2) is 14.2 Å². The molecule has 3 heterocycles. The molecule has 0 atom stereocenters. The van der Waals surface area contributed by atoms with Crippen LogP contribution in [0, 0.1) is 12.7 Å². The van der Waals surface area contributed by atoms with Crippen molar-refractivity contribution in [1.29, 1.82) is 0 Å². The monoisotopic (exact) mass is 486 g/mol. The Labute approximate surface area is 202 Å². The zero-order chi connectivity index (χ0) is 25.2. The van der Waals surface area contributed by atoms with Gasteiger partial charge in [0.2, 0.25) is 5.88 Å². The third kappa shape index (κ3) is 7.33. The van der Waals surface area contributed by atoms with Gasteiger partial charge in [-0.2, -0.15) is 9.59 Å². The highest BCUT2D eigenvalue weighted by atomic mass is 19.1. The second-order valence-corrected chi connectivity index (χ2v) is 8.09. The largest absolute Gasteiger partial charge is 0.474 e. The smallest absolute Gasteiger partial charge is 0.373 e. The molecule has 2 aliphatic heterocycles. The highest BCUT2D eigenvalue weighted by Gasteiger charge is 2.27. The molecule has 4 rings (SSSR count). The lowest BCUT2D eigenvalue weighted by Crippen LogP contribution is -2.44. The zero-order valence-electron chi connectivity index (χ0n) is 19.4. The number of halogens is 1. The van der Waals surface area contributed by atoms with Gasteiger partial charge in [0.25, 0.3) is 5.91 Å². The zero-order valence-corrected chi connectivity index (χ0v) is 19.4. The summed E-state index contributed by atoms with van der Waals surface area (Å²) < 4.78 is 25.1. The van der Waals surface area contributed by atoms with Gasteiger partial charge in [-0.1, -0.05) is 6.07 Å². The highest BCUT2D eigenvalue weighted by molar-refractivity contribution is 6.03. The maximum Gasteiger partial charge on any atom is 0.373 e. The van der Waals surface area contributed by atoms with Crippen LogP contribution in [-0.2, 0) is 14.3 Å². The number of piperidine rings is 1. The Bertz CT molecular complexity index is 1040. The lowest BCUT2D eigenvalue weighted by molar-refractivity contribution is -0.191. The number of hydrogen-bond acceptors (Lipinski definition) is 7. The summed E-state index contributed by atoms with van der Waals surface area (Å²) in [4.78, 5) is 49.5. The Hall–Kier alpha value is -3.82. The maximum atomic E-state index is 14.0. The normalized spacial score (nSPS) is 15.9. The predicted molar refractivity (Wildman–Crippen MR) is 121 cm³/mol. The number of urea groups is 1. The molecule has 0 spiro atoms. The summed E-state index contributed by atoms with van der Waals surface area (Å²) in [5.74, 6) is -0.270. The van der Waals surface area contributed by atoms with Crippen molar-refractivity contribution < 1.29 is 33.0 Å². The van der Waals surface area contributed by atoms with Crippen LogP contribution in [0.15, 0.2) is 36.5 Å². The van der Waals surface area contributed by atoms with Crippen molar-refractivity contribution in [1.82, 2.24) is 14.8 Å². The molecule has 1 aromatic heterocycles. The molecule has 2 saturated heterocycles. The number of aryl methyl sites for hydroxylation is 1. The van der Waals surface area contributed by atoms with Gasteiger partial charge in [0.15, 0.2) is 0 Å². The topological polar surface area (TPSA) is 118 Å². The first kappa shape index (κ1) is 25.8. The molecule has 10 nitrogen and oxygen atoms in total. The molecule has 0 unspecified atom stereocenters. The molecule has 11 heteroatoms. The van der Waals surface area contributed by atoms with E-state index in [0.717, 1.165) is 5.56 Å². The van der Waals surface area contributed by atoms with E-state index in [2.05, 4.69) is 10.3 Å². The number of anilines is 1. The van der Waals surface area contributed by atoms with Crippen LogP contribution in [0.1, 0.15) is 28.8 Å². The number of nitrogens with one attached hydrogen (secondary N) is 1. The fourth-order valence-electron chi connectivity index (χ4n) is 3.80. The summed E-state index contributed by atoms with van der Waals surface area (Å²) in [7, 11) is 0. The minimum atomic E-state index is -0.526. The van der Waals surface area contributed by atoms with E-state index in [1.54, 1.807) is 16.0 Å². The molecule has 0 radical (unpaired) electrons. The van der Waals surface area contributed by atoms with Crippen LogP contribution in [0.4, 0.5) is 14.9 Å². The second-order valence-electron chi connectivity index (χ2n) is 8.09. The minimum absolute atomic E-state index is 0.0396. The number of carbonyl (C=O) groups excluding carboxylic acids is 4. The van der Waals surface area contributed by atoms with Gasteiger partial charge in [-0.3, -0.25) is 4.79 Å². The second kappa shape index (κ2) is 12.6. The summed E-state index contributed by atoms with van der Waals surface area (Å²) in [6.45, 7) is 4.80. The van der Waals surface area contributed by atoms with Crippen LogP contribution in [0.25, 0.3) is 0 Å². The number of aromatic nitrogens is 1. The number of hydrogen-bond donors (Lipinski definition) is 1. The fourth-order valence-corrected chi connectivity index (χ4v) is 3.80. The number of likely N-dealkylation sites (tertiary alicyclic amines) is 1. The van der Waals surface area contributed by atoms with E-state index < -0.39 is 5.82 Å². The van der Waals surface area contributed by atoms with Crippen LogP contribution < -0.4 is 10.1 Å². The number of ether oxygens (including phenoxy) is 2. The Morgan fingerprint density at radius 1 is 1.09 bits per heavy atom. The van der Waals surface area contributed by atoms with Gasteiger partial charge in [-0.15, -0.1) is 0 Å². The molecule has 1 aromatic carbocycles. The van der Waals surface area contributed by atoms with Crippen molar-refractivity contribution in [3.05, 3.63) is 53.5 Å². The lowest BCUT2D eigenvalue weighted by atomic mass is 10.1. The van der Waals surface area contributed by atoms with Crippen molar-refractivity contribution in [2.24, 2.45) is 0 Å². The van der Waals surface area contributed by atoms with Crippen LogP contribution >= 0.6 is 0 Å². The van der Waals surface area contributed by atoms with Crippen molar-refractivity contribution in [3.63, 3.8) is 0 Å². The number of pyridine rings is 1. The summed E-state index contributed by atoms with van der Waals surface area (Å²) in [6, 6.07) is 7.29. The molecule has 2 aromatic rings. The van der Waals surface area contributed by atoms with E-state index in [0.29, 0.717) is 63.8 Å². The molecule has 3 amide bonds. The van der Waals surface area contributed by atoms with Gasteiger partial charge >= 0.3 is 12.2 Å². The summed E-state index contributed by atoms with van der Waals surface area (Å²) in [5.41, 5.74) is 1.51. The Morgan fingerprint density at radius 2 is 1.77 bits per heavy atom. The third-order valence-electron chi connectivity index (χ3n) is 5.65. The van der Waals surface area contributed by atoms with Crippen LogP contribution in [0.5, 0.6) is 5.88 Å². The van der Waals surface area contributed by atoms with Gasteiger partial charge in [0, 0.05) is 51.3 Å². The number of nitrogens with zero attached hydrogens (tertiary/aromatic N) is 3. The first-order chi connectivity index (χ1) is 16.9. The molecular formula is C24H27FN4O6. The minimum Gasteiger partial charge on any atom is -0.474 e. The van der Waals surface area contributed by atoms with Crippen LogP contribution in [0.2, 0.25) is 0 Å². The van der Waals surface area contributed by atoms with Crippen LogP contribution in [-0.4, -0.2) is 78.4 Å². The third-order valence-corrected chi connectivity index (χ3v) is 5.65. The number of morpholine rings is 1. The van der Waals surface area contributed by atoms with Gasteiger partial charge < -0.3 is 24.6 Å². The van der Waals surface area contributed by atoms with E-state index in [4.69, 9.17) is 19.1 Å². The lowest BCUT2D eigenvalue weighted by Gasteiger charge is -2.32. The van der Waals surface area contributed by atoms with Gasteiger partial charge in [0.05, 0.1) is 24.5 Å². The molecule has 186 valence electrons. The van der Waals surface area contributed by atoms with Crippen molar-refractivity contribution in [3.8, 4) is 5.88 Å². The van der Waals surface area contributed by atoms with E-state index >= 15 is 0 Å². The Kier molecular flexibility index (Phi) is 9.28. The van der Waals surface area contributed by atoms with E-state index in [9.17, 15) is 14.0 Å². The van der Waals surface area contributed by atoms with Crippen molar-refractivity contribution in [2.45, 2.75) is 25.9 Å². The number of rotatable bonds is 4. The maximum absolute atomic E-state index is 14.0. The van der Waals surface area contributed by atoms with Crippen molar-refractivity contribution in [2.75, 3.05) is 44.7 Å². The average Bonchev–Trinajstić information content (AvgIpc) is 2.87. The molecule has 0 aliphatic carbocycles. The standard InChI is InChI=1S/C23H27FN4O4.CO2/c1-16-2-5-21(25-15-16)32-18-6-8-27(9-7-18)22(29)19-14-17(24)3-4-20(19)26-23(30)28-10-12-31-13-11-28;2-1-3/h2-5,14-15,18H,6-13H2,1H3,(H,26,30);. The fraction of sp³-hybridized carbons (Fsp3) is 0.417. The quantitative estimate of drug-likeness (QED) is 0.705. The van der Waals surface area contributed by atoms with E-state index in [1.165, 1.54) is 18.2 Å². The summed E-state index contributed by atoms with van der Waals surface area (Å²) >= 11 is 0. The molecular weight excluding hydrogens is 459 g/mol. The van der Waals surface area contributed by atoms with Gasteiger partial charge in [0.1, 0.15) is 11.9 Å².